The second-order valence-corrected chi connectivity index (χ2v) is 6.14. The number of nitrogens with one attached hydrogen (secondary N) is 1. The van der Waals surface area contributed by atoms with Crippen molar-refractivity contribution >= 4 is 11.6 Å². The molecule has 4 rings (SSSR count). The quantitative estimate of drug-likeness (QED) is 0.373. The van der Waals surface area contributed by atoms with Crippen molar-refractivity contribution in [2.45, 2.75) is 13.5 Å². The van der Waals surface area contributed by atoms with Crippen molar-refractivity contribution in [2.24, 2.45) is 0 Å². The normalized spacial score (nSPS) is 10.7. The number of pyridine rings is 1. The summed E-state index contributed by atoms with van der Waals surface area (Å²) in [7, 11) is 0. The Morgan fingerprint density at radius 1 is 1.27 bits per heavy atom. The molecule has 1 amide bonds. The minimum Gasteiger partial charge on any atom is -0.341 e. The van der Waals surface area contributed by atoms with Crippen molar-refractivity contribution in [3.63, 3.8) is 0 Å². The Morgan fingerprint density at radius 2 is 2.07 bits per heavy atom. The molecule has 0 atom stereocenters. The van der Waals surface area contributed by atoms with Crippen LogP contribution in [-0.4, -0.2) is 40.9 Å². The molecule has 0 saturated heterocycles. The number of amides is 1. The average molecular weight is 406 g/mol. The van der Waals surface area contributed by atoms with Gasteiger partial charge in [-0.25, -0.2) is 4.68 Å². The largest absolute Gasteiger partial charge is 0.341 e. The number of benzene rings is 1. The predicted molar refractivity (Wildman–Crippen MR) is 101 cm³/mol. The molecule has 0 unspecified atom stereocenters. The van der Waals surface area contributed by atoms with Crippen molar-refractivity contribution in [1.29, 1.82) is 0 Å². The maximum atomic E-state index is 12.5. The fourth-order valence-corrected chi connectivity index (χ4v) is 2.71. The van der Waals surface area contributed by atoms with Crippen LogP contribution in [0.15, 0.2) is 53.3 Å². The monoisotopic (exact) mass is 406 g/mol. The highest BCUT2D eigenvalue weighted by molar-refractivity contribution is 5.93. The van der Waals surface area contributed by atoms with E-state index < -0.39 is 10.8 Å². The molecular weight excluding hydrogens is 392 g/mol. The first-order valence-corrected chi connectivity index (χ1v) is 8.71. The zero-order valence-electron chi connectivity index (χ0n) is 15.6. The van der Waals surface area contributed by atoms with E-state index in [-0.39, 0.29) is 23.8 Å². The lowest BCUT2D eigenvalue weighted by Gasteiger charge is -2.04. The predicted octanol–water partition coefficient (Wildman–Crippen LogP) is 1.86. The first kappa shape index (κ1) is 18.9. The lowest BCUT2D eigenvalue weighted by molar-refractivity contribution is -0.384. The Bertz CT molecular complexity index is 1220. The molecule has 30 heavy (non-hydrogen) atoms. The van der Waals surface area contributed by atoms with Crippen molar-refractivity contribution in [2.75, 3.05) is 0 Å². The minimum atomic E-state index is -0.506. The maximum absolute atomic E-state index is 12.5. The molecule has 3 heterocycles. The van der Waals surface area contributed by atoms with E-state index in [9.17, 15) is 14.9 Å². The summed E-state index contributed by atoms with van der Waals surface area (Å²) in [5.74, 6) is 0.112. The molecule has 1 N–H and O–H groups in total. The Labute approximate surface area is 168 Å². The molecule has 3 aromatic heterocycles. The summed E-state index contributed by atoms with van der Waals surface area (Å²) < 4.78 is 6.50. The fourth-order valence-electron chi connectivity index (χ4n) is 2.71. The van der Waals surface area contributed by atoms with Crippen LogP contribution < -0.4 is 5.32 Å². The van der Waals surface area contributed by atoms with Crippen molar-refractivity contribution < 1.29 is 14.2 Å². The maximum Gasteiger partial charge on any atom is 0.274 e. The number of non-ortho nitro benzene ring substituents is 1. The molecular formula is C18H14N8O4. The van der Waals surface area contributed by atoms with Gasteiger partial charge in [-0.3, -0.25) is 19.9 Å². The van der Waals surface area contributed by atoms with Crippen LogP contribution in [0.25, 0.3) is 17.1 Å². The summed E-state index contributed by atoms with van der Waals surface area (Å²) in [6.45, 7) is 1.64. The summed E-state index contributed by atoms with van der Waals surface area (Å²) in [6, 6.07) is 9.36. The number of carbonyl (C=O) groups excluding carboxylic acids is 1. The molecule has 0 fully saturated rings. The van der Waals surface area contributed by atoms with Gasteiger partial charge in [0.25, 0.3) is 11.6 Å². The molecule has 12 heteroatoms. The third kappa shape index (κ3) is 3.73. The van der Waals surface area contributed by atoms with Gasteiger partial charge in [0.15, 0.2) is 5.69 Å². The topological polar surface area (TPSA) is 155 Å². The number of rotatable bonds is 6. The highest BCUT2D eigenvalue weighted by atomic mass is 16.6. The zero-order valence-corrected chi connectivity index (χ0v) is 15.6. The molecule has 150 valence electrons. The van der Waals surface area contributed by atoms with E-state index in [1.807, 2.05) is 0 Å². The molecule has 12 nitrogen and oxygen atoms in total. The van der Waals surface area contributed by atoms with Crippen LogP contribution in [0.5, 0.6) is 0 Å². The third-order valence-corrected chi connectivity index (χ3v) is 4.20. The first-order chi connectivity index (χ1) is 14.5. The number of hydrogen-bond acceptors (Lipinski definition) is 9. The van der Waals surface area contributed by atoms with E-state index in [4.69, 9.17) is 4.52 Å². The van der Waals surface area contributed by atoms with Crippen LogP contribution in [-0.2, 0) is 6.54 Å². The van der Waals surface area contributed by atoms with Gasteiger partial charge in [0, 0.05) is 30.1 Å². The third-order valence-electron chi connectivity index (χ3n) is 4.20. The number of hydrogen-bond donors (Lipinski definition) is 1. The Balaban J connectivity index is 1.47. The molecule has 0 radical (unpaired) electrons. The van der Waals surface area contributed by atoms with Gasteiger partial charge in [-0.2, -0.15) is 4.98 Å². The summed E-state index contributed by atoms with van der Waals surface area (Å²) >= 11 is 0. The highest BCUT2D eigenvalue weighted by Crippen LogP contribution is 2.18. The summed E-state index contributed by atoms with van der Waals surface area (Å²) in [4.78, 5) is 31.1. The highest BCUT2D eigenvalue weighted by Gasteiger charge is 2.19. The van der Waals surface area contributed by atoms with E-state index in [0.717, 1.165) is 5.56 Å². The number of nitro groups is 1. The summed E-state index contributed by atoms with van der Waals surface area (Å²) in [6.07, 6.45) is 3.22. The second-order valence-electron chi connectivity index (χ2n) is 6.14. The smallest absolute Gasteiger partial charge is 0.274 e. The first-order valence-electron chi connectivity index (χ1n) is 8.71. The van der Waals surface area contributed by atoms with E-state index in [1.54, 1.807) is 37.5 Å². The Kier molecular flexibility index (Phi) is 4.95. The number of aromatic nitrogens is 6. The van der Waals surface area contributed by atoms with Crippen molar-refractivity contribution in [3.05, 3.63) is 76.2 Å². The van der Waals surface area contributed by atoms with E-state index in [0.29, 0.717) is 17.2 Å². The standard InChI is InChI=1S/C18H14N8O4/c1-11-16(22-24-25(11)13-3-2-4-14(9-13)26(28)29)18(27)20-10-15-21-17(23-30-15)12-5-7-19-8-6-12/h2-9H,10H2,1H3,(H,20,27). The molecule has 0 aliphatic heterocycles. The van der Waals surface area contributed by atoms with Gasteiger partial charge in [-0.05, 0) is 25.1 Å². The lowest BCUT2D eigenvalue weighted by Crippen LogP contribution is -2.24. The van der Waals surface area contributed by atoms with Crippen LogP contribution in [0.1, 0.15) is 22.1 Å². The average Bonchev–Trinajstić information content (AvgIpc) is 3.39. The van der Waals surface area contributed by atoms with Gasteiger partial charge in [0.1, 0.15) is 0 Å². The van der Waals surface area contributed by atoms with E-state index >= 15 is 0 Å². The van der Waals surface area contributed by atoms with Gasteiger partial charge in [-0.1, -0.05) is 16.4 Å². The summed E-state index contributed by atoms with van der Waals surface area (Å²) in [5.41, 5.74) is 1.58. The molecule has 0 saturated carbocycles. The van der Waals surface area contributed by atoms with Crippen LogP contribution in [0, 0.1) is 17.0 Å². The van der Waals surface area contributed by atoms with E-state index in [1.165, 1.54) is 22.9 Å². The van der Waals surface area contributed by atoms with Crippen LogP contribution in [0.4, 0.5) is 5.69 Å². The molecule has 0 aliphatic carbocycles. The van der Waals surface area contributed by atoms with Gasteiger partial charge in [0.2, 0.25) is 11.7 Å². The Morgan fingerprint density at radius 3 is 2.83 bits per heavy atom. The van der Waals surface area contributed by atoms with Crippen LogP contribution in [0.3, 0.4) is 0 Å². The SMILES string of the molecule is Cc1c(C(=O)NCc2nc(-c3ccncc3)no2)nnn1-c1cccc([N+](=O)[O-])c1. The van der Waals surface area contributed by atoms with Gasteiger partial charge in [0.05, 0.1) is 22.8 Å². The molecule has 0 bridgehead atoms. The molecule has 4 aromatic rings. The van der Waals surface area contributed by atoms with Gasteiger partial charge in [-0.15, -0.1) is 5.10 Å². The van der Waals surface area contributed by atoms with Crippen molar-refractivity contribution in [1.82, 2.24) is 35.4 Å². The van der Waals surface area contributed by atoms with Crippen LogP contribution in [0.2, 0.25) is 0 Å². The van der Waals surface area contributed by atoms with Crippen LogP contribution >= 0.6 is 0 Å². The summed E-state index contributed by atoms with van der Waals surface area (Å²) in [5, 5.41) is 25.3. The minimum absolute atomic E-state index is 0.0000255. The van der Waals surface area contributed by atoms with Crippen molar-refractivity contribution in [3.8, 4) is 17.1 Å². The molecule has 0 aliphatic rings. The second kappa shape index (κ2) is 7.87. The van der Waals surface area contributed by atoms with Gasteiger partial charge >= 0.3 is 0 Å². The molecule has 0 spiro atoms. The lowest BCUT2D eigenvalue weighted by atomic mass is 10.2. The zero-order chi connectivity index (χ0) is 21.1. The van der Waals surface area contributed by atoms with Gasteiger partial charge < -0.3 is 9.84 Å². The number of nitrogens with zero attached hydrogens (tertiary/aromatic N) is 7. The number of nitro benzene ring substituents is 1. The molecule has 1 aromatic carbocycles. The number of carbonyl (C=O) groups is 1. The fraction of sp³-hybridized carbons (Fsp3) is 0.111. The Hall–Kier alpha value is -4.48. The van der Waals surface area contributed by atoms with E-state index in [2.05, 4.69) is 30.8 Å².